The third-order valence-corrected chi connectivity index (χ3v) is 3.32. The minimum Gasteiger partial charge on any atom is -0.495 e. The van der Waals surface area contributed by atoms with E-state index in [2.05, 4.69) is 4.98 Å². The molecule has 0 fully saturated rings. The zero-order valence-corrected chi connectivity index (χ0v) is 11.5. The Morgan fingerprint density at radius 1 is 1.21 bits per heavy atom. The van der Waals surface area contributed by atoms with Gasteiger partial charge in [0, 0.05) is 17.6 Å². The Morgan fingerprint density at radius 3 is 2.58 bits per heavy atom. The Balaban J connectivity index is 2.49. The van der Waals surface area contributed by atoms with Gasteiger partial charge in [-0.1, -0.05) is 30.3 Å². The fraction of sp³-hybridized carbons (Fsp3) is 0.267. The van der Waals surface area contributed by atoms with E-state index in [9.17, 15) is 5.11 Å². The second-order valence-corrected chi connectivity index (χ2v) is 4.66. The second kappa shape index (κ2) is 6.04. The monoisotopic (exact) mass is 277 g/mol. The maximum absolute atomic E-state index is 11.0. The first-order valence-corrected chi connectivity index (χ1v) is 6.57. The smallest absolute Gasteiger partial charge is 0.137 e. The lowest BCUT2D eigenvalue weighted by molar-refractivity contribution is 0.0768. The Kier molecular flexibility index (Phi) is 4.40. The predicted octanol–water partition coefficient (Wildman–Crippen LogP) is 2.96. The van der Waals surface area contributed by atoms with Crippen molar-refractivity contribution in [2.24, 2.45) is 0 Å². The van der Waals surface area contributed by atoms with Crippen LogP contribution in [0.4, 0.5) is 0 Å². The van der Waals surface area contributed by atoms with Crippen LogP contribution >= 0.6 is 11.6 Å². The van der Waals surface area contributed by atoms with E-state index in [4.69, 9.17) is 16.3 Å². The molecule has 100 valence electrons. The van der Waals surface area contributed by atoms with Gasteiger partial charge in [-0.15, -0.1) is 11.6 Å². The highest BCUT2D eigenvalue weighted by Gasteiger charge is 2.31. The Bertz CT molecular complexity index is 533. The lowest BCUT2D eigenvalue weighted by atomic mass is 9.85. The van der Waals surface area contributed by atoms with E-state index >= 15 is 0 Å². The fourth-order valence-corrected chi connectivity index (χ4v) is 2.34. The van der Waals surface area contributed by atoms with Gasteiger partial charge in [0.1, 0.15) is 11.4 Å². The molecule has 0 spiro atoms. The van der Waals surface area contributed by atoms with E-state index in [1.54, 1.807) is 25.6 Å². The molecule has 0 aliphatic carbocycles. The zero-order chi connectivity index (χ0) is 13.7. The van der Waals surface area contributed by atoms with Crippen molar-refractivity contribution in [3.8, 4) is 5.75 Å². The number of rotatable bonds is 5. The second-order valence-electron chi connectivity index (χ2n) is 4.28. The van der Waals surface area contributed by atoms with Gasteiger partial charge in [-0.3, -0.25) is 4.98 Å². The first-order valence-electron chi connectivity index (χ1n) is 6.04. The standard InChI is InChI=1S/C15H16ClNO2/c1-19-14-9-13(10-17-11-14)15(18,7-8-16)12-5-3-2-4-6-12/h2-6,9-11,18H,7-8H2,1H3. The number of methoxy groups -OCH3 is 1. The molecule has 0 aliphatic rings. The van der Waals surface area contributed by atoms with Gasteiger partial charge in [0.2, 0.25) is 0 Å². The van der Waals surface area contributed by atoms with Crippen molar-refractivity contribution in [3.05, 3.63) is 59.9 Å². The third kappa shape index (κ3) is 2.88. The molecule has 0 bridgehead atoms. The van der Waals surface area contributed by atoms with Crippen molar-refractivity contribution in [2.45, 2.75) is 12.0 Å². The molecule has 0 saturated heterocycles. The number of alkyl halides is 1. The van der Waals surface area contributed by atoms with Crippen LogP contribution < -0.4 is 4.74 Å². The normalized spacial score (nSPS) is 13.8. The fourth-order valence-electron chi connectivity index (χ4n) is 2.06. The van der Waals surface area contributed by atoms with Gasteiger partial charge in [0.15, 0.2) is 0 Å². The minimum atomic E-state index is -1.15. The maximum Gasteiger partial charge on any atom is 0.137 e. The number of aromatic nitrogens is 1. The first kappa shape index (κ1) is 13.8. The van der Waals surface area contributed by atoms with Crippen LogP contribution in [0, 0.1) is 0 Å². The summed E-state index contributed by atoms with van der Waals surface area (Å²) in [4.78, 5) is 4.10. The highest BCUT2D eigenvalue weighted by atomic mass is 35.5. The van der Waals surface area contributed by atoms with E-state index in [-0.39, 0.29) is 0 Å². The first-order chi connectivity index (χ1) is 9.20. The Morgan fingerprint density at radius 2 is 1.95 bits per heavy atom. The summed E-state index contributed by atoms with van der Waals surface area (Å²) in [5, 5.41) is 11.0. The van der Waals surface area contributed by atoms with Gasteiger partial charge < -0.3 is 9.84 Å². The molecule has 0 amide bonds. The summed E-state index contributed by atoms with van der Waals surface area (Å²) >= 11 is 5.85. The number of halogens is 1. The van der Waals surface area contributed by atoms with Crippen LogP contribution in [0.5, 0.6) is 5.75 Å². The summed E-state index contributed by atoms with van der Waals surface area (Å²) in [6.07, 6.45) is 3.66. The quantitative estimate of drug-likeness (QED) is 0.855. The molecule has 3 nitrogen and oxygen atoms in total. The number of benzene rings is 1. The van der Waals surface area contributed by atoms with E-state index in [1.807, 2.05) is 30.3 Å². The molecule has 1 N–H and O–H groups in total. The molecular formula is C15H16ClNO2. The van der Waals surface area contributed by atoms with Gasteiger partial charge in [-0.05, 0) is 18.1 Å². The van der Waals surface area contributed by atoms with Gasteiger partial charge in [0.25, 0.3) is 0 Å². The van der Waals surface area contributed by atoms with Gasteiger partial charge in [-0.2, -0.15) is 0 Å². The van der Waals surface area contributed by atoms with E-state index in [0.717, 1.165) is 5.56 Å². The number of pyridine rings is 1. The largest absolute Gasteiger partial charge is 0.495 e. The molecule has 1 unspecified atom stereocenters. The molecule has 0 saturated carbocycles. The average molecular weight is 278 g/mol. The Labute approximate surface area is 117 Å². The number of ether oxygens (including phenoxy) is 1. The summed E-state index contributed by atoms with van der Waals surface area (Å²) in [6, 6.07) is 11.2. The summed E-state index contributed by atoms with van der Waals surface area (Å²) in [5.74, 6) is 0.962. The molecule has 1 aromatic heterocycles. The molecule has 1 atom stereocenters. The van der Waals surface area contributed by atoms with Crippen LogP contribution in [-0.4, -0.2) is 23.1 Å². The zero-order valence-electron chi connectivity index (χ0n) is 10.7. The van der Waals surface area contributed by atoms with Crippen LogP contribution in [0.2, 0.25) is 0 Å². The van der Waals surface area contributed by atoms with Crippen LogP contribution in [0.1, 0.15) is 17.5 Å². The van der Waals surface area contributed by atoms with Crippen molar-refractivity contribution < 1.29 is 9.84 Å². The topological polar surface area (TPSA) is 42.4 Å². The molecule has 4 heteroatoms. The summed E-state index contributed by atoms with van der Waals surface area (Å²) in [6.45, 7) is 0. The summed E-state index contributed by atoms with van der Waals surface area (Å²) < 4.78 is 5.16. The van der Waals surface area contributed by atoms with E-state index in [1.165, 1.54) is 0 Å². The van der Waals surface area contributed by atoms with Crippen LogP contribution in [0.25, 0.3) is 0 Å². The van der Waals surface area contributed by atoms with Crippen molar-refractivity contribution in [3.63, 3.8) is 0 Å². The molecule has 1 heterocycles. The summed E-state index contributed by atoms with van der Waals surface area (Å²) in [5.41, 5.74) is 0.328. The highest BCUT2D eigenvalue weighted by Crippen LogP contribution is 2.34. The predicted molar refractivity (Wildman–Crippen MR) is 75.6 cm³/mol. The summed E-state index contributed by atoms with van der Waals surface area (Å²) in [7, 11) is 1.57. The minimum absolute atomic E-state index is 0.350. The SMILES string of the molecule is COc1cncc(C(O)(CCCl)c2ccccc2)c1. The van der Waals surface area contributed by atoms with Crippen molar-refractivity contribution in [2.75, 3.05) is 13.0 Å². The molecule has 0 radical (unpaired) electrons. The third-order valence-electron chi connectivity index (χ3n) is 3.13. The number of aliphatic hydroxyl groups is 1. The maximum atomic E-state index is 11.0. The van der Waals surface area contributed by atoms with Crippen LogP contribution in [-0.2, 0) is 5.60 Å². The number of nitrogens with zero attached hydrogens (tertiary/aromatic N) is 1. The molecular weight excluding hydrogens is 262 g/mol. The van der Waals surface area contributed by atoms with Gasteiger partial charge >= 0.3 is 0 Å². The van der Waals surface area contributed by atoms with Crippen LogP contribution in [0.3, 0.4) is 0 Å². The molecule has 2 aromatic rings. The van der Waals surface area contributed by atoms with E-state index in [0.29, 0.717) is 23.6 Å². The van der Waals surface area contributed by atoms with Crippen molar-refractivity contribution >= 4 is 11.6 Å². The number of hydrogen-bond donors (Lipinski definition) is 1. The molecule has 2 rings (SSSR count). The average Bonchev–Trinajstić information content (AvgIpc) is 2.48. The lowest BCUT2D eigenvalue weighted by Crippen LogP contribution is -2.28. The highest BCUT2D eigenvalue weighted by molar-refractivity contribution is 6.17. The molecule has 0 aliphatic heterocycles. The lowest BCUT2D eigenvalue weighted by Gasteiger charge is -2.28. The van der Waals surface area contributed by atoms with Crippen LogP contribution in [0.15, 0.2) is 48.8 Å². The molecule has 1 aromatic carbocycles. The van der Waals surface area contributed by atoms with Crippen molar-refractivity contribution in [1.29, 1.82) is 0 Å². The van der Waals surface area contributed by atoms with Gasteiger partial charge in [-0.25, -0.2) is 0 Å². The number of hydrogen-bond acceptors (Lipinski definition) is 3. The van der Waals surface area contributed by atoms with Crippen molar-refractivity contribution in [1.82, 2.24) is 4.98 Å². The molecule has 19 heavy (non-hydrogen) atoms. The van der Waals surface area contributed by atoms with E-state index < -0.39 is 5.60 Å². The van der Waals surface area contributed by atoms with Gasteiger partial charge in [0.05, 0.1) is 13.3 Å². The Hall–Kier alpha value is -1.58.